The van der Waals surface area contributed by atoms with E-state index < -0.39 is 0 Å². The van der Waals surface area contributed by atoms with E-state index in [1.54, 1.807) is 6.92 Å². The summed E-state index contributed by atoms with van der Waals surface area (Å²) in [6.45, 7) is 2.52. The smallest absolute Gasteiger partial charge is 0.310 e. The van der Waals surface area contributed by atoms with Gasteiger partial charge in [0.1, 0.15) is 5.75 Å². The highest BCUT2D eigenvalue weighted by molar-refractivity contribution is 5.71. The van der Waals surface area contributed by atoms with Crippen LogP contribution >= 0.6 is 0 Å². The van der Waals surface area contributed by atoms with Crippen molar-refractivity contribution in [1.29, 1.82) is 0 Å². The first kappa shape index (κ1) is 13.1. The van der Waals surface area contributed by atoms with Crippen LogP contribution in [0.15, 0.2) is 54.6 Å². The molecule has 0 aliphatic carbocycles. The Balaban J connectivity index is 1.90. The quantitative estimate of drug-likeness (QED) is 0.655. The zero-order valence-electron chi connectivity index (χ0n) is 10.9. The minimum Gasteiger partial charge on any atom is -0.427 e. The van der Waals surface area contributed by atoms with Gasteiger partial charge in [-0.3, -0.25) is 4.79 Å². The van der Waals surface area contributed by atoms with Gasteiger partial charge in [0.15, 0.2) is 0 Å². The van der Waals surface area contributed by atoms with Crippen LogP contribution in [0.4, 0.5) is 5.69 Å². The molecule has 0 aromatic heterocycles. The SMILES string of the molecule is CCC(=O)Oc1ccc(CNc2ccccc2)cc1. The van der Waals surface area contributed by atoms with Crippen molar-refractivity contribution in [2.24, 2.45) is 0 Å². The number of para-hydroxylation sites is 1. The lowest BCUT2D eigenvalue weighted by Crippen LogP contribution is -2.05. The Bertz CT molecular complexity index is 520. The van der Waals surface area contributed by atoms with Gasteiger partial charge in [0.25, 0.3) is 0 Å². The van der Waals surface area contributed by atoms with Crippen molar-refractivity contribution in [2.45, 2.75) is 19.9 Å². The van der Waals surface area contributed by atoms with E-state index >= 15 is 0 Å². The first-order valence-electron chi connectivity index (χ1n) is 6.36. The first-order valence-corrected chi connectivity index (χ1v) is 6.36. The zero-order valence-corrected chi connectivity index (χ0v) is 10.9. The first-order chi connectivity index (χ1) is 9.28. The molecule has 0 saturated carbocycles. The summed E-state index contributed by atoms with van der Waals surface area (Å²) in [5, 5.41) is 3.32. The molecule has 0 aliphatic heterocycles. The summed E-state index contributed by atoms with van der Waals surface area (Å²) in [7, 11) is 0. The van der Waals surface area contributed by atoms with Crippen molar-refractivity contribution in [2.75, 3.05) is 5.32 Å². The standard InChI is InChI=1S/C16H17NO2/c1-2-16(18)19-15-10-8-13(9-11-15)12-17-14-6-4-3-5-7-14/h3-11,17H,2,12H2,1H3. The molecule has 0 atom stereocenters. The number of anilines is 1. The van der Waals surface area contributed by atoms with Gasteiger partial charge in [0.2, 0.25) is 0 Å². The van der Waals surface area contributed by atoms with Crippen molar-refractivity contribution in [3.63, 3.8) is 0 Å². The summed E-state index contributed by atoms with van der Waals surface area (Å²) in [4.78, 5) is 11.1. The number of ether oxygens (including phenoxy) is 1. The van der Waals surface area contributed by atoms with Gasteiger partial charge < -0.3 is 10.1 Å². The second-order valence-electron chi connectivity index (χ2n) is 4.19. The number of carbonyl (C=O) groups excluding carboxylic acids is 1. The Labute approximate surface area is 113 Å². The average Bonchev–Trinajstić information content (AvgIpc) is 2.47. The molecule has 98 valence electrons. The second kappa shape index (κ2) is 6.59. The number of nitrogens with one attached hydrogen (secondary N) is 1. The largest absolute Gasteiger partial charge is 0.427 e. The highest BCUT2D eigenvalue weighted by Gasteiger charge is 2.01. The maximum Gasteiger partial charge on any atom is 0.310 e. The van der Waals surface area contributed by atoms with E-state index in [2.05, 4.69) is 5.32 Å². The van der Waals surface area contributed by atoms with Crippen LogP contribution in [0, 0.1) is 0 Å². The molecule has 19 heavy (non-hydrogen) atoms. The van der Waals surface area contributed by atoms with Crippen molar-refractivity contribution in [3.8, 4) is 5.75 Å². The Kier molecular flexibility index (Phi) is 4.56. The molecule has 0 amide bonds. The molecular formula is C16H17NO2. The minimum atomic E-state index is -0.213. The fraction of sp³-hybridized carbons (Fsp3) is 0.188. The maximum atomic E-state index is 11.1. The van der Waals surface area contributed by atoms with Crippen molar-refractivity contribution in [1.82, 2.24) is 0 Å². The summed E-state index contributed by atoms with van der Waals surface area (Å²) >= 11 is 0. The lowest BCUT2D eigenvalue weighted by molar-refractivity contribution is -0.134. The number of carbonyl (C=O) groups is 1. The average molecular weight is 255 g/mol. The van der Waals surface area contributed by atoms with Crippen LogP contribution in [0.1, 0.15) is 18.9 Å². The fourth-order valence-corrected chi connectivity index (χ4v) is 1.64. The van der Waals surface area contributed by atoms with Gasteiger partial charge in [0.05, 0.1) is 0 Å². The minimum absolute atomic E-state index is 0.213. The summed E-state index contributed by atoms with van der Waals surface area (Å²) in [6, 6.07) is 17.6. The lowest BCUT2D eigenvalue weighted by Gasteiger charge is -2.07. The predicted molar refractivity (Wildman–Crippen MR) is 76.1 cm³/mol. The Hall–Kier alpha value is -2.29. The molecule has 3 nitrogen and oxygen atoms in total. The van der Waals surface area contributed by atoms with Gasteiger partial charge in [0, 0.05) is 18.7 Å². The van der Waals surface area contributed by atoms with Crippen LogP contribution in [0.3, 0.4) is 0 Å². The van der Waals surface area contributed by atoms with E-state index in [-0.39, 0.29) is 5.97 Å². The molecule has 0 aliphatic rings. The van der Waals surface area contributed by atoms with Crippen LogP contribution < -0.4 is 10.1 Å². The van der Waals surface area contributed by atoms with Gasteiger partial charge in [-0.1, -0.05) is 37.3 Å². The van der Waals surface area contributed by atoms with Gasteiger partial charge in [-0.15, -0.1) is 0 Å². The molecule has 0 radical (unpaired) electrons. The number of hydrogen-bond donors (Lipinski definition) is 1. The van der Waals surface area contributed by atoms with Gasteiger partial charge in [-0.2, -0.15) is 0 Å². The Morgan fingerprint density at radius 2 is 1.74 bits per heavy atom. The zero-order chi connectivity index (χ0) is 13.5. The van der Waals surface area contributed by atoms with E-state index in [9.17, 15) is 4.79 Å². The predicted octanol–water partition coefficient (Wildman–Crippen LogP) is 3.61. The number of benzene rings is 2. The van der Waals surface area contributed by atoms with E-state index in [4.69, 9.17) is 4.74 Å². The molecular weight excluding hydrogens is 238 g/mol. The normalized spacial score (nSPS) is 9.95. The van der Waals surface area contributed by atoms with E-state index in [1.807, 2.05) is 54.6 Å². The maximum absolute atomic E-state index is 11.1. The van der Waals surface area contributed by atoms with Crippen molar-refractivity contribution >= 4 is 11.7 Å². The molecule has 0 heterocycles. The number of rotatable bonds is 5. The number of hydrogen-bond acceptors (Lipinski definition) is 3. The van der Waals surface area contributed by atoms with E-state index in [0.717, 1.165) is 17.8 Å². The summed E-state index contributed by atoms with van der Waals surface area (Å²) in [6.07, 6.45) is 0.386. The van der Waals surface area contributed by atoms with Gasteiger partial charge in [-0.05, 0) is 29.8 Å². The molecule has 1 N–H and O–H groups in total. The fourth-order valence-electron chi connectivity index (χ4n) is 1.64. The molecule has 3 heteroatoms. The molecule has 2 aromatic rings. The summed E-state index contributed by atoms with van der Waals surface area (Å²) < 4.78 is 5.12. The molecule has 0 saturated heterocycles. The van der Waals surface area contributed by atoms with Crippen LogP contribution in [0.5, 0.6) is 5.75 Å². The number of esters is 1. The monoisotopic (exact) mass is 255 g/mol. The van der Waals surface area contributed by atoms with Gasteiger partial charge >= 0.3 is 5.97 Å². The second-order valence-corrected chi connectivity index (χ2v) is 4.19. The van der Waals surface area contributed by atoms with E-state index in [1.165, 1.54) is 0 Å². The molecule has 2 rings (SSSR count). The van der Waals surface area contributed by atoms with Gasteiger partial charge in [-0.25, -0.2) is 0 Å². The molecule has 0 spiro atoms. The van der Waals surface area contributed by atoms with E-state index in [0.29, 0.717) is 12.2 Å². The highest BCUT2D eigenvalue weighted by Crippen LogP contribution is 2.14. The third kappa shape index (κ3) is 4.14. The molecule has 0 fully saturated rings. The lowest BCUT2D eigenvalue weighted by atomic mass is 10.2. The topological polar surface area (TPSA) is 38.3 Å². The summed E-state index contributed by atoms with van der Waals surface area (Å²) in [5.41, 5.74) is 2.23. The Morgan fingerprint density at radius 3 is 2.37 bits per heavy atom. The third-order valence-electron chi connectivity index (χ3n) is 2.71. The third-order valence-corrected chi connectivity index (χ3v) is 2.71. The van der Waals surface area contributed by atoms with Crippen LogP contribution in [-0.2, 0) is 11.3 Å². The Morgan fingerprint density at radius 1 is 1.05 bits per heavy atom. The van der Waals surface area contributed by atoms with Crippen LogP contribution in [-0.4, -0.2) is 5.97 Å². The molecule has 0 bridgehead atoms. The van der Waals surface area contributed by atoms with Crippen LogP contribution in [0.2, 0.25) is 0 Å². The summed E-state index contributed by atoms with van der Waals surface area (Å²) in [5.74, 6) is 0.380. The molecule has 2 aromatic carbocycles. The van der Waals surface area contributed by atoms with Crippen molar-refractivity contribution in [3.05, 3.63) is 60.2 Å². The van der Waals surface area contributed by atoms with Crippen molar-refractivity contribution < 1.29 is 9.53 Å². The van der Waals surface area contributed by atoms with Crippen LogP contribution in [0.25, 0.3) is 0 Å². The highest BCUT2D eigenvalue weighted by atomic mass is 16.5. The molecule has 0 unspecified atom stereocenters.